The Bertz CT molecular complexity index is 858. The zero-order valence-electron chi connectivity index (χ0n) is 21.4. The molecule has 0 saturated carbocycles. The lowest BCUT2D eigenvalue weighted by Gasteiger charge is -2.31. The van der Waals surface area contributed by atoms with Crippen molar-refractivity contribution in [1.29, 1.82) is 0 Å². The number of benzene rings is 2. The van der Waals surface area contributed by atoms with Gasteiger partial charge in [0.25, 0.3) is 0 Å². The predicted molar refractivity (Wildman–Crippen MR) is 134 cm³/mol. The Labute approximate surface area is 195 Å². The van der Waals surface area contributed by atoms with Crippen LogP contribution in [-0.2, 0) is 10.2 Å². The summed E-state index contributed by atoms with van der Waals surface area (Å²) in [6, 6.07) is 16.5. The number of carbonyl (C=O) groups is 1. The molecule has 0 aliphatic heterocycles. The van der Waals surface area contributed by atoms with E-state index in [1.807, 2.05) is 32.9 Å². The molecule has 2 aromatic carbocycles. The second kappa shape index (κ2) is 10.6. The minimum atomic E-state index is -0.438. The molecule has 0 spiro atoms. The van der Waals surface area contributed by atoms with E-state index in [2.05, 4.69) is 71.0 Å². The van der Waals surface area contributed by atoms with Crippen molar-refractivity contribution >= 4 is 5.97 Å². The van der Waals surface area contributed by atoms with Crippen LogP contribution in [0.15, 0.2) is 48.5 Å². The average molecular weight is 439 g/mol. The lowest BCUT2D eigenvalue weighted by Crippen LogP contribution is -2.30. The Morgan fingerprint density at radius 2 is 1.09 bits per heavy atom. The second-order valence-corrected chi connectivity index (χ2v) is 9.65. The van der Waals surface area contributed by atoms with Crippen LogP contribution in [0.25, 0.3) is 0 Å². The summed E-state index contributed by atoms with van der Waals surface area (Å²) in [6.45, 7) is 17.0. The van der Waals surface area contributed by atoms with Gasteiger partial charge in [-0.3, -0.25) is 4.79 Å². The molecule has 0 N–H and O–H groups in total. The van der Waals surface area contributed by atoms with Gasteiger partial charge in [0.15, 0.2) is 0 Å². The molecular formula is C29H42O3. The van der Waals surface area contributed by atoms with Gasteiger partial charge in [-0.25, -0.2) is 0 Å². The number of ether oxygens (including phenoxy) is 2. The van der Waals surface area contributed by atoms with Gasteiger partial charge in [-0.2, -0.15) is 0 Å². The van der Waals surface area contributed by atoms with Crippen LogP contribution in [0.1, 0.15) is 98.6 Å². The maximum absolute atomic E-state index is 12.6. The van der Waals surface area contributed by atoms with Crippen molar-refractivity contribution in [2.75, 3.05) is 0 Å². The maximum atomic E-state index is 12.6. The third kappa shape index (κ3) is 5.54. The Hall–Kier alpha value is -2.29. The molecule has 0 fully saturated rings. The summed E-state index contributed by atoms with van der Waals surface area (Å²) >= 11 is 0. The standard InChI is InChI=1S/C29H42O3/c1-9-27(6,10-2)26(30)31-24-18-14-22(15-19-24)29(8,13-5)23-16-20-25(21-17-23)32-28(7,11-3)12-4/h14-21H,9-13H2,1-8H3. The van der Waals surface area contributed by atoms with Gasteiger partial charge >= 0.3 is 5.97 Å². The third-order valence-electron chi connectivity index (χ3n) is 7.81. The van der Waals surface area contributed by atoms with Gasteiger partial charge in [-0.05, 0) is 81.3 Å². The SMILES string of the molecule is CCC(C)(CC)Oc1ccc(C(C)(CC)c2ccc(OC(=O)C(C)(CC)CC)cc2)cc1. The van der Waals surface area contributed by atoms with Gasteiger partial charge in [0.1, 0.15) is 17.1 Å². The molecule has 0 saturated heterocycles. The monoisotopic (exact) mass is 438 g/mol. The average Bonchev–Trinajstić information content (AvgIpc) is 2.83. The van der Waals surface area contributed by atoms with Crippen molar-refractivity contribution in [1.82, 2.24) is 0 Å². The number of hydrogen-bond acceptors (Lipinski definition) is 3. The van der Waals surface area contributed by atoms with Crippen LogP contribution in [0.2, 0.25) is 0 Å². The van der Waals surface area contributed by atoms with Gasteiger partial charge in [0.05, 0.1) is 5.41 Å². The van der Waals surface area contributed by atoms with E-state index in [0.717, 1.165) is 37.9 Å². The minimum Gasteiger partial charge on any atom is -0.488 e. The van der Waals surface area contributed by atoms with E-state index >= 15 is 0 Å². The van der Waals surface area contributed by atoms with Gasteiger partial charge in [0, 0.05) is 5.41 Å². The molecule has 2 aromatic rings. The molecular weight excluding hydrogens is 396 g/mol. The first-order valence-electron chi connectivity index (χ1n) is 12.2. The fraction of sp³-hybridized carbons (Fsp3) is 0.552. The fourth-order valence-electron chi connectivity index (χ4n) is 3.80. The van der Waals surface area contributed by atoms with E-state index in [4.69, 9.17) is 9.47 Å². The Morgan fingerprint density at radius 3 is 1.47 bits per heavy atom. The lowest BCUT2D eigenvalue weighted by molar-refractivity contribution is -0.145. The molecule has 32 heavy (non-hydrogen) atoms. The third-order valence-corrected chi connectivity index (χ3v) is 7.81. The normalized spacial score (nSPS) is 14.0. The molecule has 1 atom stereocenters. The van der Waals surface area contributed by atoms with Crippen molar-refractivity contribution in [3.8, 4) is 11.5 Å². The van der Waals surface area contributed by atoms with Crippen LogP contribution in [0.4, 0.5) is 0 Å². The van der Waals surface area contributed by atoms with E-state index in [9.17, 15) is 4.79 Å². The Kier molecular flexibility index (Phi) is 8.56. The van der Waals surface area contributed by atoms with Gasteiger partial charge in [-0.15, -0.1) is 0 Å². The molecule has 0 heterocycles. The molecule has 176 valence electrons. The fourth-order valence-corrected chi connectivity index (χ4v) is 3.80. The van der Waals surface area contributed by atoms with Crippen LogP contribution in [-0.4, -0.2) is 11.6 Å². The largest absolute Gasteiger partial charge is 0.488 e. The molecule has 0 bridgehead atoms. The first-order valence-corrected chi connectivity index (χ1v) is 12.2. The first kappa shape index (κ1) is 26.0. The topological polar surface area (TPSA) is 35.5 Å². The molecule has 3 nitrogen and oxygen atoms in total. The van der Waals surface area contributed by atoms with Crippen molar-refractivity contribution in [2.24, 2.45) is 5.41 Å². The van der Waals surface area contributed by atoms with E-state index < -0.39 is 5.41 Å². The zero-order valence-corrected chi connectivity index (χ0v) is 21.4. The van der Waals surface area contributed by atoms with Crippen molar-refractivity contribution in [2.45, 2.75) is 98.5 Å². The van der Waals surface area contributed by atoms with E-state index in [1.54, 1.807) is 0 Å². The molecule has 2 rings (SSSR count). The van der Waals surface area contributed by atoms with Crippen LogP contribution < -0.4 is 9.47 Å². The Morgan fingerprint density at radius 1 is 0.656 bits per heavy atom. The highest BCUT2D eigenvalue weighted by Gasteiger charge is 2.32. The van der Waals surface area contributed by atoms with Crippen LogP contribution in [0, 0.1) is 5.41 Å². The molecule has 3 heteroatoms. The van der Waals surface area contributed by atoms with Crippen LogP contribution >= 0.6 is 0 Å². The van der Waals surface area contributed by atoms with Gasteiger partial charge in [0.2, 0.25) is 0 Å². The Balaban J connectivity index is 2.22. The summed E-state index contributed by atoms with van der Waals surface area (Å²) in [4.78, 5) is 12.6. The number of hydrogen-bond donors (Lipinski definition) is 0. The smallest absolute Gasteiger partial charge is 0.317 e. The highest BCUT2D eigenvalue weighted by molar-refractivity contribution is 5.78. The van der Waals surface area contributed by atoms with Crippen LogP contribution in [0.3, 0.4) is 0 Å². The summed E-state index contributed by atoms with van der Waals surface area (Å²) < 4.78 is 12.0. The maximum Gasteiger partial charge on any atom is 0.317 e. The van der Waals surface area contributed by atoms with Crippen molar-refractivity contribution < 1.29 is 14.3 Å². The van der Waals surface area contributed by atoms with Crippen molar-refractivity contribution in [3.05, 3.63) is 59.7 Å². The summed E-state index contributed by atoms with van der Waals surface area (Å²) in [7, 11) is 0. The lowest BCUT2D eigenvalue weighted by atomic mass is 9.74. The zero-order chi connectivity index (χ0) is 24.0. The number of esters is 1. The highest BCUT2D eigenvalue weighted by atomic mass is 16.5. The predicted octanol–water partition coefficient (Wildman–Crippen LogP) is 8.09. The molecule has 1 unspecified atom stereocenters. The van der Waals surface area contributed by atoms with Crippen molar-refractivity contribution in [3.63, 3.8) is 0 Å². The summed E-state index contributed by atoms with van der Waals surface area (Å²) in [6.07, 6.45) is 4.44. The minimum absolute atomic E-state index is 0.130. The highest BCUT2D eigenvalue weighted by Crippen LogP contribution is 2.37. The number of carbonyl (C=O) groups excluding carboxylic acids is 1. The van der Waals surface area contributed by atoms with Gasteiger partial charge in [-0.1, -0.05) is 65.8 Å². The summed E-state index contributed by atoms with van der Waals surface area (Å²) in [5.41, 5.74) is 1.74. The second-order valence-electron chi connectivity index (χ2n) is 9.65. The van der Waals surface area contributed by atoms with Crippen LogP contribution in [0.5, 0.6) is 11.5 Å². The molecule has 0 aromatic heterocycles. The van der Waals surface area contributed by atoms with E-state index in [1.165, 1.54) is 11.1 Å². The molecule has 0 radical (unpaired) electrons. The summed E-state index contributed by atoms with van der Waals surface area (Å²) in [5.74, 6) is 1.36. The number of rotatable bonds is 11. The van der Waals surface area contributed by atoms with E-state index in [0.29, 0.717) is 5.75 Å². The van der Waals surface area contributed by atoms with Gasteiger partial charge < -0.3 is 9.47 Å². The molecule has 0 aliphatic rings. The quantitative estimate of drug-likeness (QED) is 0.263. The molecule has 0 amide bonds. The summed E-state index contributed by atoms with van der Waals surface area (Å²) in [5, 5.41) is 0. The first-order chi connectivity index (χ1) is 15.1. The molecule has 0 aliphatic carbocycles. The van der Waals surface area contributed by atoms with E-state index in [-0.39, 0.29) is 17.0 Å².